The smallest absolute Gasteiger partial charge is 0.163 e. The minimum absolute atomic E-state index is 0.107. The van der Waals surface area contributed by atoms with Crippen molar-refractivity contribution in [2.45, 2.75) is 38.6 Å². The van der Waals surface area contributed by atoms with E-state index in [9.17, 15) is 4.79 Å². The Kier molecular flexibility index (Phi) is 2.62. The Hall–Kier alpha value is -0.410. The van der Waals surface area contributed by atoms with Crippen molar-refractivity contribution in [3.05, 3.63) is 0 Å². The molecule has 1 aliphatic heterocycles. The summed E-state index contributed by atoms with van der Waals surface area (Å²) >= 11 is 0. The first-order valence-electron chi connectivity index (χ1n) is 3.89. The number of aldehydes is 1. The summed E-state index contributed by atoms with van der Waals surface area (Å²) in [4.78, 5) is 10.0. The van der Waals surface area contributed by atoms with Gasteiger partial charge in [-0.3, -0.25) is 0 Å². The quantitative estimate of drug-likeness (QED) is 0.577. The van der Waals surface area contributed by atoms with E-state index in [4.69, 9.17) is 9.47 Å². The SMILES string of the molecule is CC1(C)OCC(CCC=O)O1. The van der Waals surface area contributed by atoms with Gasteiger partial charge in [0.2, 0.25) is 0 Å². The van der Waals surface area contributed by atoms with Gasteiger partial charge in [-0.1, -0.05) is 0 Å². The second-order valence-electron chi connectivity index (χ2n) is 3.19. The molecule has 0 N–H and O–H groups in total. The van der Waals surface area contributed by atoms with Crippen LogP contribution >= 0.6 is 0 Å². The number of hydrogen-bond acceptors (Lipinski definition) is 3. The van der Waals surface area contributed by atoms with Gasteiger partial charge in [-0.2, -0.15) is 0 Å². The third kappa shape index (κ3) is 2.60. The van der Waals surface area contributed by atoms with Crippen LogP contribution in [0.5, 0.6) is 0 Å². The van der Waals surface area contributed by atoms with Crippen molar-refractivity contribution in [2.75, 3.05) is 6.61 Å². The highest BCUT2D eigenvalue weighted by Crippen LogP contribution is 2.24. The van der Waals surface area contributed by atoms with Crippen molar-refractivity contribution in [2.24, 2.45) is 0 Å². The molecule has 0 aliphatic carbocycles. The first-order valence-corrected chi connectivity index (χ1v) is 3.89. The third-order valence-electron chi connectivity index (χ3n) is 1.67. The molecular formula is C8H14O3. The fourth-order valence-electron chi connectivity index (χ4n) is 1.16. The lowest BCUT2D eigenvalue weighted by Crippen LogP contribution is -2.21. The van der Waals surface area contributed by atoms with Crippen molar-refractivity contribution in [1.29, 1.82) is 0 Å². The standard InChI is InChI=1S/C8H14O3/c1-8(2)10-6-7(11-8)4-3-5-9/h5,7H,3-4,6H2,1-2H3. The lowest BCUT2D eigenvalue weighted by Gasteiger charge is -2.16. The maximum absolute atomic E-state index is 10.0. The molecule has 0 radical (unpaired) electrons. The fourth-order valence-corrected chi connectivity index (χ4v) is 1.16. The van der Waals surface area contributed by atoms with Gasteiger partial charge in [0.1, 0.15) is 6.29 Å². The van der Waals surface area contributed by atoms with Gasteiger partial charge in [0.15, 0.2) is 5.79 Å². The zero-order valence-electron chi connectivity index (χ0n) is 7.00. The summed E-state index contributed by atoms with van der Waals surface area (Å²) in [5.41, 5.74) is 0. The molecule has 1 fully saturated rings. The molecule has 0 bridgehead atoms. The van der Waals surface area contributed by atoms with E-state index in [1.807, 2.05) is 13.8 Å². The van der Waals surface area contributed by atoms with Gasteiger partial charge in [0.05, 0.1) is 12.7 Å². The molecule has 1 unspecified atom stereocenters. The number of ether oxygens (including phenoxy) is 2. The Balaban J connectivity index is 2.24. The normalized spacial score (nSPS) is 28.7. The molecule has 3 nitrogen and oxygen atoms in total. The predicted octanol–water partition coefficient (Wildman–Crippen LogP) is 1.12. The van der Waals surface area contributed by atoms with Crippen LogP contribution in [0.4, 0.5) is 0 Å². The van der Waals surface area contributed by atoms with E-state index >= 15 is 0 Å². The Labute approximate surface area is 66.7 Å². The highest BCUT2D eigenvalue weighted by atomic mass is 16.7. The number of hydrogen-bond donors (Lipinski definition) is 0. The summed E-state index contributed by atoms with van der Waals surface area (Å²) in [6, 6.07) is 0. The van der Waals surface area contributed by atoms with E-state index in [-0.39, 0.29) is 6.10 Å². The lowest BCUT2D eigenvalue weighted by molar-refractivity contribution is -0.139. The van der Waals surface area contributed by atoms with Crippen molar-refractivity contribution in [3.8, 4) is 0 Å². The van der Waals surface area contributed by atoms with Crippen LogP contribution in [0.15, 0.2) is 0 Å². The van der Waals surface area contributed by atoms with E-state index in [0.717, 1.165) is 12.7 Å². The number of carbonyl (C=O) groups is 1. The second-order valence-corrected chi connectivity index (χ2v) is 3.19. The Morgan fingerprint density at radius 2 is 2.36 bits per heavy atom. The van der Waals surface area contributed by atoms with Gasteiger partial charge in [-0.25, -0.2) is 0 Å². The van der Waals surface area contributed by atoms with Gasteiger partial charge in [0.25, 0.3) is 0 Å². The minimum Gasteiger partial charge on any atom is -0.348 e. The molecule has 1 rings (SSSR count). The topological polar surface area (TPSA) is 35.5 Å². The average Bonchev–Trinajstić information content (AvgIpc) is 2.26. The van der Waals surface area contributed by atoms with Crippen LogP contribution in [0, 0.1) is 0 Å². The van der Waals surface area contributed by atoms with Crippen LogP contribution in [0.25, 0.3) is 0 Å². The molecule has 0 aromatic heterocycles. The van der Waals surface area contributed by atoms with Gasteiger partial charge < -0.3 is 14.3 Å². The molecule has 64 valence electrons. The van der Waals surface area contributed by atoms with E-state index in [1.165, 1.54) is 0 Å². The number of rotatable bonds is 3. The number of carbonyl (C=O) groups excluding carboxylic acids is 1. The molecule has 0 spiro atoms. The zero-order valence-corrected chi connectivity index (χ0v) is 7.00. The van der Waals surface area contributed by atoms with Crippen LogP contribution in [0.1, 0.15) is 26.7 Å². The molecule has 1 heterocycles. The molecule has 3 heteroatoms. The van der Waals surface area contributed by atoms with Crippen LogP contribution in [0.3, 0.4) is 0 Å². The highest BCUT2D eigenvalue weighted by Gasteiger charge is 2.31. The first kappa shape index (κ1) is 8.68. The summed E-state index contributed by atoms with van der Waals surface area (Å²) in [5.74, 6) is -0.451. The molecule has 0 amide bonds. The molecule has 1 atom stereocenters. The van der Waals surface area contributed by atoms with Crippen molar-refractivity contribution in [3.63, 3.8) is 0 Å². The monoisotopic (exact) mass is 158 g/mol. The molecule has 0 saturated carbocycles. The van der Waals surface area contributed by atoms with Gasteiger partial charge in [0, 0.05) is 6.42 Å². The summed E-state index contributed by atoms with van der Waals surface area (Å²) in [6.45, 7) is 4.38. The van der Waals surface area contributed by atoms with E-state index in [0.29, 0.717) is 13.0 Å². The molecule has 1 aliphatic rings. The van der Waals surface area contributed by atoms with Crippen LogP contribution in [0.2, 0.25) is 0 Å². The Morgan fingerprint density at radius 3 is 2.82 bits per heavy atom. The van der Waals surface area contributed by atoms with Crippen LogP contribution in [-0.4, -0.2) is 24.8 Å². The fraction of sp³-hybridized carbons (Fsp3) is 0.875. The van der Waals surface area contributed by atoms with E-state index in [1.54, 1.807) is 0 Å². The van der Waals surface area contributed by atoms with Gasteiger partial charge in [-0.15, -0.1) is 0 Å². The summed E-state index contributed by atoms with van der Waals surface area (Å²) < 4.78 is 10.8. The third-order valence-corrected chi connectivity index (χ3v) is 1.67. The average molecular weight is 158 g/mol. The lowest BCUT2D eigenvalue weighted by atomic mass is 10.2. The molecule has 0 aromatic rings. The maximum atomic E-state index is 10.0. The van der Waals surface area contributed by atoms with Crippen LogP contribution in [-0.2, 0) is 14.3 Å². The predicted molar refractivity (Wildman–Crippen MR) is 40.2 cm³/mol. The van der Waals surface area contributed by atoms with E-state index < -0.39 is 5.79 Å². The first-order chi connectivity index (χ1) is 5.14. The largest absolute Gasteiger partial charge is 0.348 e. The summed E-state index contributed by atoms with van der Waals surface area (Å²) in [5, 5.41) is 0. The van der Waals surface area contributed by atoms with Gasteiger partial charge >= 0.3 is 0 Å². The summed E-state index contributed by atoms with van der Waals surface area (Å²) in [7, 11) is 0. The van der Waals surface area contributed by atoms with Crippen molar-refractivity contribution in [1.82, 2.24) is 0 Å². The maximum Gasteiger partial charge on any atom is 0.163 e. The molecule has 0 aromatic carbocycles. The highest BCUT2D eigenvalue weighted by molar-refractivity contribution is 5.49. The Morgan fingerprint density at radius 1 is 1.64 bits per heavy atom. The van der Waals surface area contributed by atoms with Crippen LogP contribution < -0.4 is 0 Å². The molecular weight excluding hydrogens is 144 g/mol. The van der Waals surface area contributed by atoms with Gasteiger partial charge in [-0.05, 0) is 20.3 Å². The zero-order chi connectivity index (χ0) is 8.32. The van der Waals surface area contributed by atoms with E-state index in [2.05, 4.69) is 0 Å². The Bertz CT molecular complexity index is 142. The molecule has 1 saturated heterocycles. The van der Waals surface area contributed by atoms with Crippen molar-refractivity contribution < 1.29 is 14.3 Å². The minimum atomic E-state index is -0.451. The summed E-state index contributed by atoms with van der Waals surface area (Å²) in [6.07, 6.45) is 2.35. The van der Waals surface area contributed by atoms with Crippen molar-refractivity contribution >= 4 is 6.29 Å². The molecule has 11 heavy (non-hydrogen) atoms. The second kappa shape index (κ2) is 3.32.